The third-order valence-corrected chi connectivity index (χ3v) is 8.21. The summed E-state index contributed by atoms with van der Waals surface area (Å²) in [7, 11) is 0. The maximum atomic E-state index is 13.9. The van der Waals surface area contributed by atoms with Gasteiger partial charge in [0.1, 0.15) is 34.5 Å². The van der Waals surface area contributed by atoms with Crippen LogP contribution in [0.5, 0.6) is 0 Å². The molecule has 1 fully saturated rings. The topological polar surface area (TPSA) is 135 Å². The maximum absolute atomic E-state index is 13.9. The highest BCUT2D eigenvalue weighted by atomic mass is 79.9. The number of carbonyl (C=O) groups is 3. The van der Waals surface area contributed by atoms with Gasteiger partial charge in [-0.1, -0.05) is 13.0 Å². The fourth-order valence-corrected chi connectivity index (χ4v) is 5.91. The molecule has 1 aromatic carbocycles. The molecule has 0 aliphatic carbocycles. The number of anilines is 1. The van der Waals surface area contributed by atoms with Gasteiger partial charge in [-0.05, 0) is 97.0 Å². The number of pyridine rings is 1. The van der Waals surface area contributed by atoms with Crippen molar-refractivity contribution >= 4 is 50.2 Å². The molecule has 1 saturated heterocycles. The lowest BCUT2D eigenvalue weighted by atomic mass is 10.0. The number of hydrogen-bond acceptors (Lipinski definition) is 8. The number of Topliss-reactive ketones (excluding diaryl/α,β-unsaturated/α-hetero) is 1. The van der Waals surface area contributed by atoms with E-state index in [1.165, 1.54) is 6.92 Å². The zero-order chi connectivity index (χ0) is 30.8. The summed E-state index contributed by atoms with van der Waals surface area (Å²) in [4.78, 5) is 54.8. The molecule has 12 heteroatoms. The van der Waals surface area contributed by atoms with Gasteiger partial charge in [-0.25, -0.2) is 15.0 Å². The van der Waals surface area contributed by atoms with E-state index in [0.29, 0.717) is 46.7 Å². The Hall–Kier alpha value is -4.03. The number of fused-ring (bicyclic) bond motifs is 1. The monoisotopic (exact) mass is 646 g/mol. The Morgan fingerprint density at radius 3 is 2.49 bits per heavy atom. The highest BCUT2D eigenvalue weighted by molar-refractivity contribution is 9.10. The smallest absolute Gasteiger partial charge is 0.248 e. The van der Waals surface area contributed by atoms with Gasteiger partial charge in [0.2, 0.25) is 11.8 Å². The van der Waals surface area contributed by atoms with Crippen LogP contribution in [-0.2, 0) is 16.1 Å². The number of nitrogens with zero attached hydrogens (tertiary/aromatic N) is 6. The highest BCUT2D eigenvalue weighted by Crippen LogP contribution is 2.31. The Kier molecular flexibility index (Phi) is 8.97. The van der Waals surface area contributed by atoms with Crippen LogP contribution in [0.3, 0.4) is 0 Å². The van der Waals surface area contributed by atoms with Crippen molar-refractivity contribution in [1.29, 1.82) is 0 Å². The molecule has 2 amide bonds. The van der Waals surface area contributed by atoms with Crippen LogP contribution in [-0.4, -0.2) is 72.9 Å². The molecule has 1 aliphatic rings. The number of amides is 2. The second-order valence-corrected chi connectivity index (χ2v) is 11.8. The number of ketones is 1. The molecule has 3 aromatic heterocycles. The van der Waals surface area contributed by atoms with Crippen LogP contribution >= 0.6 is 15.9 Å². The zero-order valence-electron chi connectivity index (χ0n) is 24.9. The van der Waals surface area contributed by atoms with Crippen LogP contribution in [0.2, 0.25) is 0 Å². The summed E-state index contributed by atoms with van der Waals surface area (Å²) in [5.41, 5.74) is 4.35. The van der Waals surface area contributed by atoms with Crippen molar-refractivity contribution in [2.75, 3.05) is 25.0 Å². The Labute approximate surface area is 258 Å². The van der Waals surface area contributed by atoms with E-state index in [0.717, 1.165) is 28.8 Å². The second kappa shape index (κ2) is 12.7. The van der Waals surface area contributed by atoms with E-state index < -0.39 is 6.04 Å². The van der Waals surface area contributed by atoms with Gasteiger partial charge in [0, 0.05) is 36.8 Å². The maximum Gasteiger partial charge on any atom is 0.248 e. The SMILES string of the molecule is CCNCC1CC(C(=O)Nc2nc(Br)ccc2C)N(C(=O)Cn2nc(C(C)=O)c3cc(-c4cnc(C)nc4)cc(C)c32)C1. The molecule has 0 bridgehead atoms. The summed E-state index contributed by atoms with van der Waals surface area (Å²) < 4.78 is 2.20. The molecule has 4 aromatic rings. The summed E-state index contributed by atoms with van der Waals surface area (Å²) in [6.45, 7) is 10.9. The first-order valence-electron chi connectivity index (χ1n) is 14.3. The Balaban J connectivity index is 1.46. The molecule has 2 atom stereocenters. The molecule has 5 rings (SSSR count). The summed E-state index contributed by atoms with van der Waals surface area (Å²) in [6, 6.07) is 6.89. The lowest BCUT2D eigenvalue weighted by Crippen LogP contribution is -2.44. The zero-order valence-corrected chi connectivity index (χ0v) is 26.5. The van der Waals surface area contributed by atoms with E-state index >= 15 is 0 Å². The molecule has 1 aliphatic heterocycles. The molecule has 2 unspecified atom stereocenters. The molecule has 0 spiro atoms. The minimum Gasteiger partial charge on any atom is -0.329 e. The van der Waals surface area contributed by atoms with E-state index in [1.54, 1.807) is 22.0 Å². The second-order valence-electron chi connectivity index (χ2n) is 11.0. The molecular weight excluding hydrogens is 612 g/mol. The Morgan fingerprint density at radius 2 is 1.79 bits per heavy atom. The van der Waals surface area contributed by atoms with Crippen molar-refractivity contribution in [2.45, 2.75) is 53.6 Å². The first kappa shape index (κ1) is 30.4. The quantitative estimate of drug-likeness (QED) is 0.204. The predicted molar refractivity (Wildman–Crippen MR) is 168 cm³/mol. The van der Waals surface area contributed by atoms with Crippen LogP contribution in [0.15, 0.2) is 41.3 Å². The third-order valence-electron chi connectivity index (χ3n) is 7.77. The number of benzene rings is 1. The lowest BCUT2D eigenvalue weighted by molar-refractivity contribution is -0.137. The number of halogens is 1. The van der Waals surface area contributed by atoms with Gasteiger partial charge in [0.15, 0.2) is 5.78 Å². The van der Waals surface area contributed by atoms with Gasteiger partial charge >= 0.3 is 0 Å². The standard InChI is InChI=1S/C31H35BrN8O3/c1-6-33-12-21-10-25(31(43)37-30-17(2)7-8-26(32)36-30)39(15-21)27(42)16-40-29-18(3)9-22(23-13-34-20(5)35-14-23)11-24(29)28(38-40)19(4)41/h7-9,11,13-14,21,25,33H,6,10,12,15-16H2,1-5H3,(H,36,37,43). The van der Waals surface area contributed by atoms with Crippen LogP contribution in [0.25, 0.3) is 22.0 Å². The van der Waals surface area contributed by atoms with Gasteiger partial charge in [-0.15, -0.1) is 0 Å². The average Bonchev–Trinajstić information content (AvgIpc) is 3.57. The van der Waals surface area contributed by atoms with E-state index in [2.05, 4.69) is 46.6 Å². The molecular formula is C31H35BrN8O3. The van der Waals surface area contributed by atoms with E-state index in [4.69, 9.17) is 0 Å². The van der Waals surface area contributed by atoms with E-state index in [9.17, 15) is 14.4 Å². The van der Waals surface area contributed by atoms with Gasteiger partial charge in [-0.3, -0.25) is 19.1 Å². The number of rotatable bonds is 9. The minimum absolute atomic E-state index is 0.108. The molecule has 4 heterocycles. The van der Waals surface area contributed by atoms with E-state index in [1.807, 2.05) is 52.0 Å². The molecule has 11 nitrogen and oxygen atoms in total. The molecule has 0 radical (unpaired) electrons. The summed E-state index contributed by atoms with van der Waals surface area (Å²) in [6.07, 6.45) is 4.02. The van der Waals surface area contributed by atoms with Crippen molar-refractivity contribution in [2.24, 2.45) is 5.92 Å². The van der Waals surface area contributed by atoms with Gasteiger partial charge in [0.05, 0.1) is 5.52 Å². The summed E-state index contributed by atoms with van der Waals surface area (Å²) in [5.74, 6) is 0.511. The van der Waals surface area contributed by atoms with Crippen LogP contribution < -0.4 is 10.6 Å². The number of hydrogen-bond donors (Lipinski definition) is 2. The third kappa shape index (κ3) is 6.50. The lowest BCUT2D eigenvalue weighted by Gasteiger charge is -2.24. The summed E-state index contributed by atoms with van der Waals surface area (Å²) in [5, 5.41) is 11.5. The molecule has 224 valence electrons. The average molecular weight is 648 g/mol. The molecule has 2 N–H and O–H groups in total. The predicted octanol–water partition coefficient (Wildman–Crippen LogP) is 4.24. The largest absolute Gasteiger partial charge is 0.329 e. The van der Waals surface area contributed by atoms with E-state index in [-0.39, 0.29) is 35.8 Å². The normalized spacial score (nSPS) is 16.6. The number of aromatic nitrogens is 5. The van der Waals surface area contributed by atoms with Crippen molar-refractivity contribution in [3.05, 3.63) is 63.9 Å². The Morgan fingerprint density at radius 1 is 1.05 bits per heavy atom. The fourth-order valence-electron chi connectivity index (χ4n) is 5.60. The first-order valence-corrected chi connectivity index (χ1v) is 15.1. The summed E-state index contributed by atoms with van der Waals surface area (Å²) >= 11 is 3.36. The van der Waals surface area contributed by atoms with Gasteiger partial charge in [0.25, 0.3) is 0 Å². The number of aryl methyl sites for hydroxylation is 3. The van der Waals surface area contributed by atoms with Crippen LogP contribution in [0.4, 0.5) is 5.82 Å². The van der Waals surface area contributed by atoms with Crippen molar-refractivity contribution in [3.8, 4) is 11.1 Å². The highest BCUT2D eigenvalue weighted by Gasteiger charge is 2.40. The van der Waals surface area contributed by atoms with Crippen molar-refractivity contribution in [3.63, 3.8) is 0 Å². The number of carbonyl (C=O) groups excluding carboxylic acids is 3. The number of likely N-dealkylation sites (tertiary alicyclic amines) is 1. The van der Waals surface area contributed by atoms with Crippen molar-refractivity contribution in [1.82, 2.24) is 34.9 Å². The van der Waals surface area contributed by atoms with Crippen LogP contribution in [0.1, 0.15) is 47.7 Å². The first-order chi connectivity index (χ1) is 20.5. The van der Waals surface area contributed by atoms with Crippen LogP contribution in [0, 0.1) is 26.7 Å². The van der Waals surface area contributed by atoms with Gasteiger partial charge in [-0.2, -0.15) is 5.10 Å². The number of nitrogens with one attached hydrogen (secondary N) is 2. The molecule has 43 heavy (non-hydrogen) atoms. The van der Waals surface area contributed by atoms with Gasteiger partial charge < -0.3 is 15.5 Å². The fraction of sp³-hybridized carbons (Fsp3) is 0.387. The minimum atomic E-state index is -0.667. The Bertz CT molecular complexity index is 1700. The van der Waals surface area contributed by atoms with Crippen molar-refractivity contribution < 1.29 is 14.4 Å². The molecule has 0 saturated carbocycles.